The minimum absolute atomic E-state index is 0.120. The van der Waals surface area contributed by atoms with E-state index in [1.807, 2.05) is 0 Å². The molecule has 0 spiro atoms. The summed E-state index contributed by atoms with van der Waals surface area (Å²) in [4.78, 5) is 37.4. The van der Waals surface area contributed by atoms with Gasteiger partial charge in [-0.3, -0.25) is 14.4 Å². The van der Waals surface area contributed by atoms with E-state index in [2.05, 4.69) is 15.6 Å². The summed E-state index contributed by atoms with van der Waals surface area (Å²) in [6.45, 7) is 2.79. The van der Waals surface area contributed by atoms with Crippen LogP contribution >= 0.6 is 0 Å². The second-order valence-corrected chi connectivity index (χ2v) is 4.89. The van der Waals surface area contributed by atoms with Gasteiger partial charge in [-0.2, -0.15) is 0 Å². The summed E-state index contributed by atoms with van der Waals surface area (Å²) in [5.41, 5.74) is 1.36. The zero-order valence-corrected chi connectivity index (χ0v) is 12.8. The number of hydrogen-bond acceptors (Lipinski definition) is 4. The standard InChI is InChI=1S/C16H17N3O4/c1-10-16(14(21)6-7-17-10)23-9-15(22)19-13-5-3-4-12(8-13)18-11(2)20/h3-8H,9H2,1-2H3,(H,17,21)(H,18,20)(H,19,22). The third-order valence-electron chi connectivity index (χ3n) is 2.91. The lowest BCUT2D eigenvalue weighted by atomic mass is 10.2. The third kappa shape index (κ3) is 4.70. The highest BCUT2D eigenvalue weighted by molar-refractivity contribution is 5.94. The lowest BCUT2D eigenvalue weighted by Crippen LogP contribution is -2.22. The van der Waals surface area contributed by atoms with Crippen LogP contribution < -0.4 is 20.8 Å². The fourth-order valence-electron chi connectivity index (χ4n) is 1.96. The predicted octanol–water partition coefficient (Wildman–Crippen LogP) is 1.66. The quantitative estimate of drug-likeness (QED) is 0.781. The molecule has 2 aromatic rings. The summed E-state index contributed by atoms with van der Waals surface area (Å²) < 4.78 is 5.27. The molecule has 7 nitrogen and oxygen atoms in total. The van der Waals surface area contributed by atoms with Gasteiger partial charge in [0.25, 0.3) is 5.91 Å². The van der Waals surface area contributed by atoms with E-state index in [0.29, 0.717) is 17.1 Å². The molecule has 120 valence electrons. The number of carbonyl (C=O) groups is 2. The minimum Gasteiger partial charge on any atom is -0.478 e. The van der Waals surface area contributed by atoms with E-state index < -0.39 is 5.91 Å². The molecule has 1 aromatic heterocycles. The van der Waals surface area contributed by atoms with Gasteiger partial charge < -0.3 is 20.4 Å². The second kappa shape index (κ2) is 7.26. The van der Waals surface area contributed by atoms with E-state index in [0.717, 1.165) is 0 Å². The molecule has 0 saturated heterocycles. The number of hydrogen-bond donors (Lipinski definition) is 3. The van der Waals surface area contributed by atoms with Crippen LogP contribution in [-0.2, 0) is 9.59 Å². The van der Waals surface area contributed by atoms with Crippen LogP contribution in [0.4, 0.5) is 11.4 Å². The van der Waals surface area contributed by atoms with Crippen molar-refractivity contribution in [3.05, 3.63) is 52.4 Å². The Hall–Kier alpha value is -3.09. The summed E-state index contributed by atoms with van der Waals surface area (Å²) in [7, 11) is 0. The zero-order valence-electron chi connectivity index (χ0n) is 12.8. The van der Waals surface area contributed by atoms with Crippen molar-refractivity contribution >= 4 is 23.2 Å². The first-order chi connectivity index (χ1) is 11.0. The molecule has 1 aromatic carbocycles. The molecular weight excluding hydrogens is 298 g/mol. The average Bonchev–Trinajstić information content (AvgIpc) is 2.46. The molecule has 3 N–H and O–H groups in total. The van der Waals surface area contributed by atoms with Gasteiger partial charge in [-0.25, -0.2) is 0 Å². The topological polar surface area (TPSA) is 100 Å². The maximum atomic E-state index is 11.9. The molecule has 0 aliphatic rings. The molecule has 0 fully saturated rings. The smallest absolute Gasteiger partial charge is 0.262 e. The molecule has 0 unspecified atom stereocenters. The van der Waals surface area contributed by atoms with Crippen LogP contribution in [0.25, 0.3) is 0 Å². The first-order valence-electron chi connectivity index (χ1n) is 6.94. The van der Waals surface area contributed by atoms with Crippen molar-refractivity contribution in [2.45, 2.75) is 13.8 Å². The van der Waals surface area contributed by atoms with Crippen molar-refractivity contribution < 1.29 is 14.3 Å². The van der Waals surface area contributed by atoms with Crippen LogP contribution in [0, 0.1) is 6.92 Å². The summed E-state index contributed by atoms with van der Waals surface area (Å²) in [5.74, 6) is -0.488. The number of nitrogens with one attached hydrogen (secondary N) is 3. The van der Waals surface area contributed by atoms with Gasteiger partial charge in [0.1, 0.15) is 0 Å². The van der Waals surface area contributed by atoms with Crippen molar-refractivity contribution in [2.24, 2.45) is 0 Å². The Morgan fingerprint density at radius 3 is 2.52 bits per heavy atom. The number of ether oxygens (including phenoxy) is 1. The Bertz CT molecular complexity index is 783. The van der Waals surface area contributed by atoms with Gasteiger partial charge in [-0.15, -0.1) is 0 Å². The van der Waals surface area contributed by atoms with E-state index in [-0.39, 0.29) is 23.7 Å². The Morgan fingerprint density at radius 1 is 1.17 bits per heavy atom. The van der Waals surface area contributed by atoms with Gasteiger partial charge in [0, 0.05) is 30.6 Å². The lowest BCUT2D eigenvalue weighted by molar-refractivity contribution is -0.118. The van der Waals surface area contributed by atoms with Crippen LogP contribution in [0.2, 0.25) is 0 Å². The van der Waals surface area contributed by atoms with E-state index in [1.165, 1.54) is 19.2 Å². The van der Waals surface area contributed by atoms with Crippen molar-refractivity contribution in [3.8, 4) is 5.75 Å². The highest BCUT2D eigenvalue weighted by Crippen LogP contribution is 2.15. The van der Waals surface area contributed by atoms with Crippen LogP contribution in [0.15, 0.2) is 41.3 Å². The largest absolute Gasteiger partial charge is 0.478 e. The average molecular weight is 315 g/mol. The highest BCUT2D eigenvalue weighted by atomic mass is 16.5. The molecule has 2 amide bonds. The minimum atomic E-state index is -0.410. The van der Waals surface area contributed by atoms with Crippen LogP contribution in [0.1, 0.15) is 12.6 Å². The monoisotopic (exact) mass is 315 g/mol. The molecule has 0 saturated carbocycles. The Morgan fingerprint density at radius 2 is 1.87 bits per heavy atom. The zero-order chi connectivity index (χ0) is 16.8. The van der Waals surface area contributed by atoms with Crippen molar-refractivity contribution in [3.63, 3.8) is 0 Å². The maximum Gasteiger partial charge on any atom is 0.262 e. The van der Waals surface area contributed by atoms with E-state index in [1.54, 1.807) is 31.2 Å². The second-order valence-electron chi connectivity index (χ2n) is 4.89. The number of H-pyrrole nitrogens is 1. The fourth-order valence-corrected chi connectivity index (χ4v) is 1.96. The Labute approximate surface area is 132 Å². The Balaban J connectivity index is 1.97. The number of rotatable bonds is 5. The number of pyridine rings is 1. The van der Waals surface area contributed by atoms with Gasteiger partial charge in [0.05, 0.1) is 5.69 Å². The maximum absolute atomic E-state index is 11.9. The number of aryl methyl sites for hydroxylation is 1. The van der Waals surface area contributed by atoms with Crippen molar-refractivity contribution in [1.82, 2.24) is 4.98 Å². The van der Waals surface area contributed by atoms with Gasteiger partial charge in [-0.05, 0) is 25.1 Å². The molecule has 0 aliphatic carbocycles. The van der Waals surface area contributed by atoms with E-state index >= 15 is 0 Å². The summed E-state index contributed by atoms with van der Waals surface area (Å²) in [6, 6.07) is 8.05. The summed E-state index contributed by atoms with van der Waals surface area (Å²) >= 11 is 0. The Kier molecular flexibility index (Phi) is 5.14. The SMILES string of the molecule is CC(=O)Nc1cccc(NC(=O)COc2c(C)[nH]ccc2=O)c1. The molecule has 0 atom stereocenters. The molecule has 0 radical (unpaired) electrons. The fraction of sp³-hybridized carbons (Fsp3) is 0.188. The van der Waals surface area contributed by atoms with Crippen LogP contribution in [0.3, 0.4) is 0 Å². The number of carbonyl (C=O) groups excluding carboxylic acids is 2. The third-order valence-corrected chi connectivity index (χ3v) is 2.91. The molecule has 0 aliphatic heterocycles. The van der Waals surface area contributed by atoms with Crippen molar-refractivity contribution in [1.29, 1.82) is 0 Å². The van der Waals surface area contributed by atoms with Gasteiger partial charge in [0.15, 0.2) is 12.4 Å². The van der Waals surface area contributed by atoms with Gasteiger partial charge in [-0.1, -0.05) is 6.07 Å². The number of amides is 2. The molecule has 23 heavy (non-hydrogen) atoms. The van der Waals surface area contributed by atoms with Crippen molar-refractivity contribution in [2.75, 3.05) is 17.2 Å². The first kappa shape index (κ1) is 16.3. The normalized spacial score (nSPS) is 10.0. The number of aromatic nitrogens is 1. The number of benzene rings is 1. The van der Waals surface area contributed by atoms with Crippen LogP contribution in [0.5, 0.6) is 5.75 Å². The lowest BCUT2D eigenvalue weighted by Gasteiger charge is -2.10. The predicted molar refractivity (Wildman–Crippen MR) is 86.7 cm³/mol. The molecule has 7 heteroatoms. The number of anilines is 2. The molecule has 2 rings (SSSR count). The molecule has 0 bridgehead atoms. The van der Waals surface area contributed by atoms with Gasteiger partial charge in [0.2, 0.25) is 11.3 Å². The van der Waals surface area contributed by atoms with Gasteiger partial charge >= 0.3 is 0 Å². The summed E-state index contributed by atoms with van der Waals surface area (Å²) in [6.07, 6.45) is 1.51. The molecule has 1 heterocycles. The van der Waals surface area contributed by atoms with Crippen LogP contribution in [-0.4, -0.2) is 23.4 Å². The summed E-state index contributed by atoms with van der Waals surface area (Å²) in [5, 5.41) is 5.26. The van der Waals surface area contributed by atoms with E-state index in [9.17, 15) is 14.4 Å². The first-order valence-corrected chi connectivity index (χ1v) is 6.94. The van der Waals surface area contributed by atoms with E-state index in [4.69, 9.17) is 4.74 Å². The highest BCUT2D eigenvalue weighted by Gasteiger charge is 2.09. The number of aromatic amines is 1. The molecular formula is C16H17N3O4.